The van der Waals surface area contributed by atoms with Crippen LogP contribution in [0.3, 0.4) is 0 Å². The fraction of sp³-hybridized carbons (Fsp3) is 0.650. The molecule has 2 N–H and O–H groups in total. The number of nitrogens with zero attached hydrogens (tertiary/aromatic N) is 2. The van der Waals surface area contributed by atoms with E-state index in [9.17, 15) is 0 Å². The Morgan fingerprint density at radius 2 is 1.92 bits per heavy atom. The first kappa shape index (κ1) is 20.5. The van der Waals surface area contributed by atoms with E-state index in [4.69, 9.17) is 9.47 Å². The van der Waals surface area contributed by atoms with Crippen LogP contribution in [0.5, 0.6) is 0 Å². The van der Waals surface area contributed by atoms with Crippen LogP contribution in [0.15, 0.2) is 29.3 Å². The SMILES string of the molecule is CN=C(NCCCOCC(C)C)NCc1ccc(N2CCOCC2)cc1. The van der Waals surface area contributed by atoms with E-state index in [1.165, 1.54) is 11.3 Å². The summed E-state index contributed by atoms with van der Waals surface area (Å²) in [5.74, 6) is 1.41. The standard InChI is InChI=1S/C20H34N4O2/c1-17(2)16-26-12-4-9-22-20(21-3)23-15-18-5-7-19(8-6-18)24-10-13-25-14-11-24/h5-8,17H,4,9-16H2,1-3H3,(H2,21,22,23). The molecule has 0 spiro atoms. The number of hydrogen-bond donors (Lipinski definition) is 2. The Balaban J connectivity index is 1.66. The molecule has 0 radical (unpaired) electrons. The van der Waals surface area contributed by atoms with Gasteiger partial charge >= 0.3 is 0 Å². The van der Waals surface area contributed by atoms with Crippen molar-refractivity contribution in [3.8, 4) is 0 Å². The van der Waals surface area contributed by atoms with Crippen molar-refractivity contribution in [2.24, 2.45) is 10.9 Å². The molecule has 0 aromatic heterocycles. The van der Waals surface area contributed by atoms with E-state index in [0.717, 1.165) is 65.0 Å². The van der Waals surface area contributed by atoms with E-state index in [1.54, 1.807) is 7.05 Å². The van der Waals surface area contributed by atoms with E-state index in [2.05, 4.69) is 58.6 Å². The first-order valence-electron chi connectivity index (χ1n) is 9.63. The fourth-order valence-electron chi connectivity index (χ4n) is 2.75. The summed E-state index contributed by atoms with van der Waals surface area (Å²) in [6.45, 7) is 11.1. The number of rotatable bonds is 9. The van der Waals surface area contributed by atoms with Crippen LogP contribution >= 0.6 is 0 Å². The zero-order valence-corrected chi connectivity index (χ0v) is 16.5. The molecule has 1 fully saturated rings. The lowest BCUT2D eigenvalue weighted by atomic mass is 10.2. The summed E-state index contributed by atoms with van der Waals surface area (Å²) >= 11 is 0. The van der Waals surface area contributed by atoms with Gasteiger partial charge in [0.2, 0.25) is 0 Å². The monoisotopic (exact) mass is 362 g/mol. The van der Waals surface area contributed by atoms with Gasteiger partial charge in [-0.3, -0.25) is 4.99 Å². The Morgan fingerprint density at radius 3 is 2.58 bits per heavy atom. The topological polar surface area (TPSA) is 58.1 Å². The van der Waals surface area contributed by atoms with Crippen molar-refractivity contribution in [1.82, 2.24) is 10.6 Å². The second-order valence-electron chi connectivity index (χ2n) is 6.94. The maximum absolute atomic E-state index is 5.59. The average Bonchev–Trinajstić information content (AvgIpc) is 2.67. The molecule has 1 heterocycles. The number of anilines is 1. The van der Waals surface area contributed by atoms with Crippen molar-refractivity contribution in [2.75, 3.05) is 58.0 Å². The number of benzene rings is 1. The van der Waals surface area contributed by atoms with Crippen LogP contribution in [0.2, 0.25) is 0 Å². The molecule has 1 aromatic rings. The average molecular weight is 363 g/mol. The molecule has 0 amide bonds. The van der Waals surface area contributed by atoms with Gasteiger partial charge in [0.05, 0.1) is 13.2 Å². The minimum absolute atomic E-state index is 0.590. The van der Waals surface area contributed by atoms with E-state index in [1.807, 2.05) is 0 Å². The summed E-state index contributed by atoms with van der Waals surface area (Å²) in [5, 5.41) is 6.69. The normalized spacial score (nSPS) is 15.4. The number of guanidine groups is 1. The number of aliphatic imine (C=N–C) groups is 1. The zero-order valence-electron chi connectivity index (χ0n) is 16.5. The van der Waals surface area contributed by atoms with Crippen molar-refractivity contribution in [3.05, 3.63) is 29.8 Å². The van der Waals surface area contributed by atoms with Crippen LogP contribution in [-0.2, 0) is 16.0 Å². The quantitative estimate of drug-likeness (QED) is 0.401. The molecule has 0 bridgehead atoms. The molecule has 1 saturated heterocycles. The maximum atomic E-state index is 5.59. The fourth-order valence-corrected chi connectivity index (χ4v) is 2.75. The van der Waals surface area contributed by atoms with Crippen molar-refractivity contribution in [2.45, 2.75) is 26.8 Å². The van der Waals surface area contributed by atoms with Crippen molar-refractivity contribution in [1.29, 1.82) is 0 Å². The van der Waals surface area contributed by atoms with Crippen molar-refractivity contribution >= 4 is 11.6 Å². The lowest BCUT2D eigenvalue weighted by molar-refractivity contribution is 0.108. The van der Waals surface area contributed by atoms with Crippen LogP contribution in [0.25, 0.3) is 0 Å². The highest BCUT2D eigenvalue weighted by atomic mass is 16.5. The second-order valence-corrected chi connectivity index (χ2v) is 6.94. The summed E-state index contributed by atoms with van der Waals surface area (Å²) < 4.78 is 11.0. The van der Waals surface area contributed by atoms with Gasteiger partial charge < -0.3 is 25.0 Å². The smallest absolute Gasteiger partial charge is 0.191 e. The molecule has 6 nitrogen and oxygen atoms in total. The summed E-state index contributed by atoms with van der Waals surface area (Å²) in [5.41, 5.74) is 2.51. The summed E-state index contributed by atoms with van der Waals surface area (Å²) in [6, 6.07) is 8.71. The zero-order chi connectivity index (χ0) is 18.6. The van der Waals surface area contributed by atoms with Gasteiger partial charge in [0, 0.05) is 52.1 Å². The molecule has 0 unspecified atom stereocenters. The molecule has 0 saturated carbocycles. The summed E-state index contributed by atoms with van der Waals surface area (Å²) in [7, 11) is 1.80. The van der Waals surface area contributed by atoms with Gasteiger partial charge in [0.15, 0.2) is 5.96 Å². The lowest BCUT2D eigenvalue weighted by Crippen LogP contribution is -2.37. The molecular weight excluding hydrogens is 328 g/mol. The van der Waals surface area contributed by atoms with Gasteiger partial charge in [0.1, 0.15) is 0 Å². The number of nitrogens with one attached hydrogen (secondary N) is 2. The van der Waals surface area contributed by atoms with Crippen LogP contribution in [0.1, 0.15) is 25.8 Å². The first-order chi connectivity index (χ1) is 12.7. The van der Waals surface area contributed by atoms with Gasteiger partial charge in [-0.05, 0) is 30.0 Å². The van der Waals surface area contributed by atoms with Gasteiger partial charge in [-0.15, -0.1) is 0 Å². The maximum Gasteiger partial charge on any atom is 0.191 e. The van der Waals surface area contributed by atoms with E-state index < -0.39 is 0 Å². The highest BCUT2D eigenvalue weighted by molar-refractivity contribution is 5.79. The molecule has 2 rings (SSSR count). The van der Waals surface area contributed by atoms with Crippen LogP contribution in [0.4, 0.5) is 5.69 Å². The third kappa shape index (κ3) is 7.62. The van der Waals surface area contributed by atoms with Gasteiger partial charge in [-0.25, -0.2) is 0 Å². The van der Waals surface area contributed by atoms with Gasteiger partial charge in [0.25, 0.3) is 0 Å². The van der Waals surface area contributed by atoms with Crippen molar-refractivity contribution in [3.63, 3.8) is 0 Å². The molecule has 1 aliphatic rings. The third-order valence-corrected chi connectivity index (χ3v) is 4.21. The predicted octanol–water partition coefficient (Wildman–Crippen LogP) is 2.25. The summed E-state index contributed by atoms with van der Waals surface area (Å²) in [4.78, 5) is 6.64. The van der Waals surface area contributed by atoms with E-state index in [0.29, 0.717) is 5.92 Å². The largest absolute Gasteiger partial charge is 0.381 e. The van der Waals surface area contributed by atoms with Crippen molar-refractivity contribution < 1.29 is 9.47 Å². The molecule has 1 aliphatic heterocycles. The first-order valence-corrected chi connectivity index (χ1v) is 9.63. The molecule has 1 aromatic carbocycles. The third-order valence-electron chi connectivity index (χ3n) is 4.21. The Kier molecular flexibility index (Phi) is 9.28. The predicted molar refractivity (Wildman–Crippen MR) is 108 cm³/mol. The van der Waals surface area contributed by atoms with Crippen LogP contribution < -0.4 is 15.5 Å². The Bertz CT molecular complexity index is 525. The molecule has 26 heavy (non-hydrogen) atoms. The van der Waals surface area contributed by atoms with Crippen LogP contribution in [0, 0.1) is 5.92 Å². The molecule has 146 valence electrons. The van der Waals surface area contributed by atoms with E-state index in [-0.39, 0.29) is 0 Å². The molecule has 0 atom stereocenters. The van der Waals surface area contributed by atoms with E-state index >= 15 is 0 Å². The number of hydrogen-bond acceptors (Lipinski definition) is 4. The Hall–Kier alpha value is -1.79. The summed E-state index contributed by atoms with van der Waals surface area (Å²) in [6.07, 6.45) is 0.974. The second kappa shape index (κ2) is 11.8. The highest BCUT2D eigenvalue weighted by Crippen LogP contribution is 2.16. The highest BCUT2D eigenvalue weighted by Gasteiger charge is 2.10. The minimum atomic E-state index is 0.590. The van der Waals surface area contributed by atoms with Gasteiger partial charge in [-0.2, -0.15) is 0 Å². The molecule has 0 aliphatic carbocycles. The Labute approximate surface area is 158 Å². The van der Waals surface area contributed by atoms with Gasteiger partial charge in [-0.1, -0.05) is 26.0 Å². The number of ether oxygens (including phenoxy) is 2. The Morgan fingerprint density at radius 1 is 1.19 bits per heavy atom. The molecular formula is C20H34N4O2. The lowest BCUT2D eigenvalue weighted by Gasteiger charge is -2.28. The minimum Gasteiger partial charge on any atom is -0.381 e. The number of morpholine rings is 1. The van der Waals surface area contributed by atoms with Crippen LogP contribution in [-0.4, -0.2) is 59.1 Å². The molecule has 6 heteroatoms.